The molecule has 0 saturated carbocycles. The highest BCUT2D eigenvalue weighted by atomic mass is 16.6. The molecule has 0 amide bonds. The monoisotopic (exact) mass is 249 g/mol. The molecule has 0 fully saturated rings. The van der Waals surface area contributed by atoms with Gasteiger partial charge in [-0.1, -0.05) is 0 Å². The van der Waals surface area contributed by atoms with Crippen LogP contribution in [-0.2, 0) is 0 Å². The molecule has 0 aliphatic heterocycles. The minimum absolute atomic E-state index is 0.0270. The van der Waals surface area contributed by atoms with Crippen molar-refractivity contribution >= 4 is 17.3 Å². The minimum Gasteiger partial charge on any atom is -0.373 e. The third-order valence-electron chi connectivity index (χ3n) is 2.42. The normalized spacial score (nSPS) is 11.4. The second-order valence-corrected chi connectivity index (χ2v) is 3.99. The predicted octanol–water partition coefficient (Wildman–Crippen LogP) is 1.63. The summed E-state index contributed by atoms with van der Waals surface area (Å²) in [6, 6.07) is 4.87. The maximum atomic E-state index is 10.8. The van der Waals surface area contributed by atoms with Crippen LogP contribution in [0, 0.1) is 27.4 Å². The minimum atomic E-state index is -0.465. The van der Waals surface area contributed by atoms with E-state index < -0.39 is 4.92 Å². The second kappa shape index (κ2) is 5.82. The summed E-state index contributed by atoms with van der Waals surface area (Å²) < 4.78 is 0. The van der Waals surface area contributed by atoms with Gasteiger partial charge in [-0.15, -0.1) is 0 Å². The van der Waals surface area contributed by atoms with E-state index in [1.54, 1.807) is 25.9 Å². The fraction of sp³-hybridized carbons (Fsp3) is 0.455. The molecule has 1 aromatic heterocycles. The Bertz CT molecular complexity index is 483. The molecule has 0 spiro atoms. The predicted molar refractivity (Wildman–Crippen MR) is 68.5 cm³/mol. The van der Waals surface area contributed by atoms with Crippen LogP contribution < -0.4 is 10.2 Å². The first-order chi connectivity index (χ1) is 8.47. The Morgan fingerprint density at radius 1 is 1.67 bits per heavy atom. The number of nitro groups is 1. The van der Waals surface area contributed by atoms with Gasteiger partial charge in [-0.25, -0.2) is 4.98 Å². The molecule has 0 radical (unpaired) electrons. The zero-order valence-electron chi connectivity index (χ0n) is 10.5. The average Bonchev–Trinajstić information content (AvgIpc) is 2.37. The first-order valence-corrected chi connectivity index (χ1v) is 5.43. The molecule has 7 nitrogen and oxygen atoms in total. The molecule has 0 bridgehead atoms. The van der Waals surface area contributed by atoms with Crippen LogP contribution >= 0.6 is 0 Å². The lowest BCUT2D eigenvalue weighted by molar-refractivity contribution is -0.384. The van der Waals surface area contributed by atoms with E-state index in [0.29, 0.717) is 18.2 Å². The number of nitriles is 1. The molecule has 7 heteroatoms. The van der Waals surface area contributed by atoms with Gasteiger partial charge in [0.05, 0.1) is 29.0 Å². The molecule has 0 aliphatic rings. The summed E-state index contributed by atoms with van der Waals surface area (Å²) in [4.78, 5) is 16.3. The van der Waals surface area contributed by atoms with Crippen molar-refractivity contribution in [3.8, 4) is 6.07 Å². The molecule has 0 saturated heterocycles. The third kappa shape index (κ3) is 3.31. The molecule has 0 aliphatic carbocycles. The van der Waals surface area contributed by atoms with Gasteiger partial charge in [-0.05, 0) is 6.92 Å². The maximum Gasteiger partial charge on any atom is 0.276 e. The van der Waals surface area contributed by atoms with E-state index in [-0.39, 0.29) is 11.6 Å². The molecule has 0 aromatic carbocycles. The molecule has 1 rings (SSSR count). The van der Waals surface area contributed by atoms with Crippen molar-refractivity contribution in [3.63, 3.8) is 0 Å². The molecule has 18 heavy (non-hydrogen) atoms. The Labute approximate surface area is 105 Å². The van der Waals surface area contributed by atoms with Gasteiger partial charge in [0, 0.05) is 20.6 Å². The maximum absolute atomic E-state index is 10.8. The van der Waals surface area contributed by atoms with E-state index >= 15 is 0 Å². The highest BCUT2D eigenvalue weighted by Gasteiger charge is 2.14. The summed E-state index contributed by atoms with van der Waals surface area (Å²) in [6.07, 6.45) is 0. The number of nitrogens with one attached hydrogen (secondary N) is 1. The fourth-order valence-corrected chi connectivity index (χ4v) is 1.48. The summed E-state index contributed by atoms with van der Waals surface area (Å²) in [5, 5.41) is 22.3. The van der Waals surface area contributed by atoms with Gasteiger partial charge in [-0.3, -0.25) is 10.1 Å². The highest BCUT2D eigenvalue weighted by molar-refractivity contribution is 5.55. The first kappa shape index (κ1) is 13.7. The van der Waals surface area contributed by atoms with E-state index in [4.69, 9.17) is 5.26 Å². The van der Waals surface area contributed by atoms with Gasteiger partial charge in [0.25, 0.3) is 5.69 Å². The number of nitrogens with zero attached hydrogens (tertiary/aromatic N) is 4. The Hall–Kier alpha value is -2.36. The molecular weight excluding hydrogens is 234 g/mol. The number of pyridine rings is 1. The van der Waals surface area contributed by atoms with Crippen molar-refractivity contribution in [2.75, 3.05) is 30.9 Å². The number of aromatic nitrogens is 1. The molecule has 96 valence electrons. The van der Waals surface area contributed by atoms with Gasteiger partial charge in [-0.2, -0.15) is 5.26 Å². The number of rotatable bonds is 5. The summed E-state index contributed by atoms with van der Waals surface area (Å²) in [5.74, 6) is 0.723. The Kier molecular flexibility index (Phi) is 4.43. The lowest BCUT2D eigenvalue weighted by Crippen LogP contribution is -2.24. The van der Waals surface area contributed by atoms with Crippen molar-refractivity contribution in [1.82, 2.24) is 4.98 Å². The van der Waals surface area contributed by atoms with Crippen molar-refractivity contribution < 1.29 is 4.92 Å². The van der Waals surface area contributed by atoms with Crippen LogP contribution in [0.2, 0.25) is 0 Å². The highest BCUT2D eigenvalue weighted by Crippen LogP contribution is 2.22. The van der Waals surface area contributed by atoms with Gasteiger partial charge in [0.1, 0.15) is 11.6 Å². The molecule has 1 atom stereocenters. The zero-order chi connectivity index (χ0) is 13.7. The SMILES string of the molecule is CNc1cc([N+](=O)[O-])cc(N(C)CC(C)C#N)n1. The zero-order valence-corrected chi connectivity index (χ0v) is 10.5. The second-order valence-electron chi connectivity index (χ2n) is 3.99. The number of hydrogen-bond donors (Lipinski definition) is 1. The molecule has 1 heterocycles. The molecular formula is C11H15N5O2. The van der Waals surface area contributed by atoms with Gasteiger partial charge >= 0.3 is 0 Å². The molecule has 1 N–H and O–H groups in total. The van der Waals surface area contributed by atoms with Crippen molar-refractivity contribution in [3.05, 3.63) is 22.2 Å². The van der Waals surface area contributed by atoms with Crippen LogP contribution in [0.15, 0.2) is 12.1 Å². The van der Waals surface area contributed by atoms with E-state index in [1.807, 2.05) is 0 Å². The first-order valence-electron chi connectivity index (χ1n) is 5.43. The Balaban J connectivity index is 3.04. The van der Waals surface area contributed by atoms with Crippen LogP contribution in [0.25, 0.3) is 0 Å². The summed E-state index contributed by atoms with van der Waals surface area (Å²) in [6.45, 7) is 2.25. The van der Waals surface area contributed by atoms with Crippen molar-refractivity contribution in [2.45, 2.75) is 6.92 Å². The molecule has 1 unspecified atom stereocenters. The van der Waals surface area contributed by atoms with E-state index in [2.05, 4.69) is 16.4 Å². The summed E-state index contributed by atoms with van der Waals surface area (Å²) in [7, 11) is 3.40. The number of hydrogen-bond acceptors (Lipinski definition) is 6. The van der Waals surface area contributed by atoms with E-state index in [9.17, 15) is 10.1 Å². The third-order valence-corrected chi connectivity index (χ3v) is 2.42. The van der Waals surface area contributed by atoms with Gasteiger partial charge in [0.2, 0.25) is 0 Å². The summed E-state index contributed by atoms with van der Waals surface area (Å²) in [5.41, 5.74) is -0.0270. The van der Waals surface area contributed by atoms with Crippen LogP contribution in [0.4, 0.5) is 17.3 Å². The summed E-state index contributed by atoms with van der Waals surface area (Å²) >= 11 is 0. The lowest BCUT2D eigenvalue weighted by atomic mass is 10.2. The fourth-order valence-electron chi connectivity index (χ4n) is 1.48. The standard InChI is InChI=1S/C11H15N5O2/c1-8(6-12)7-15(3)11-5-9(16(17)18)4-10(13-2)14-11/h4-5,8H,7H2,1-3H3,(H,13,14). The molecule has 1 aromatic rings. The smallest absolute Gasteiger partial charge is 0.276 e. The van der Waals surface area contributed by atoms with Crippen LogP contribution in [0.5, 0.6) is 0 Å². The van der Waals surface area contributed by atoms with Crippen LogP contribution in [0.3, 0.4) is 0 Å². The van der Waals surface area contributed by atoms with Crippen molar-refractivity contribution in [2.24, 2.45) is 5.92 Å². The van der Waals surface area contributed by atoms with Crippen LogP contribution in [0.1, 0.15) is 6.92 Å². The van der Waals surface area contributed by atoms with Gasteiger partial charge < -0.3 is 10.2 Å². The average molecular weight is 249 g/mol. The topological polar surface area (TPSA) is 95.1 Å². The van der Waals surface area contributed by atoms with Crippen LogP contribution in [-0.4, -0.2) is 30.5 Å². The number of anilines is 2. The van der Waals surface area contributed by atoms with Crippen molar-refractivity contribution in [1.29, 1.82) is 5.26 Å². The quantitative estimate of drug-likeness (QED) is 0.629. The van der Waals surface area contributed by atoms with Gasteiger partial charge in [0.15, 0.2) is 0 Å². The Morgan fingerprint density at radius 3 is 2.83 bits per heavy atom. The van der Waals surface area contributed by atoms with E-state index in [0.717, 1.165) is 0 Å². The lowest BCUT2D eigenvalue weighted by Gasteiger charge is -2.19. The Morgan fingerprint density at radius 2 is 2.33 bits per heavy atom. The largest absolute Gasteiger partial charge is 0.373 e. The van der Waals surface area contributed by atoms with E-state index in [1.165, 1.54) is 12.1 Å².